The summed E-state index contributed by atoms with van der Waals surface area (Å²) in [6.45, 7) is -0.201. The number of nitrogens with one attached hydrogen (secondary N) is 1. The quantitative estimate of drug-likeness (QED) is 0.721. The molecule has 0 aliphatic heterocycles. The molecule has 0 aliphatic rings. The summed E-state index contributed by atoms with van der Waals surface area (Å²) in [6, 6.07) is 10.7. The molecule has 0 unspecified atom stereocenters. The second-order valence-electron chi connectivity index (χ2n) is 5.21. The number of halogens is 1. The van der Waals surface area contributed by atoms with Crippen molar-refractivity contribution in [3.05, 3.63) is 71.8 Å². The minimum Gasteiger partial charge on any atom is -0.452 e. The van der Waals surface area contributed by atoms with Crippen LogP contribution < -0.4 is 5.32 Å². The fourth-order valence-corrected chi connectivity index (χ4v) is 2.22. The van der Waals surface area contributed by atoms with Gasteiger partial charge in [0.1, 0.15) is 11.3 Å². The van der Waals surface area contributed by atoms with E-state index in [4.69, 9.17) is 4.74 Å². The summed E-state index contributed by atoms with van der Waals surface area (Å²) in [5.74, 6) is -1.45. The number of esters is 1. The molecular weight excluding hydrogens is 325 g/mol. The zero-order valence-corrected chi connectivity index (χ0v) is 13.1. The summed E-state index contributed by atoms with van der Waals surface area (Å²) in [6.07, 6.45) is 3.01. The fraction of sp³-hybridized carbons (Fsp3) is 0.111. The molecule has 0 atom stereocenters. The SMILES string of the molecule is O=C(COC(=O)c1cccc2nccnc12)NCc1ccc(F)cc1. The van der Waals surface area contributed by atoms with Crippen LogP contribution in [0, 0.1) is 5.82 Å². The van der Waals surface area contributed by atoms with Crippen molar-refractivity contribution in [2.45, 2.75) is 6.54 Å². The van der Waals surface area contributed by atoms with E-state index in [1.54, 1.807) is 30.3 Å². The van der Waals surface area contributed by atoms with Gasteiger partial charge in [-0.25, -0.2) is 9.18 Å². The average Bonchev–Trinajstić information content (AvgIpc) is 2.65. The van der Waals surface area contributed by atoms with Crippen molar-refractivity contribution in [1.29, 1.82) is 0 Å². The lowest BCUT2D eigenvalue weighted by molar-refractivity contribution is -0.124. The van der Waals surface area contributed by atoms with Gasteiger partial charge in [0.25, 0.3) is 5.91 Å². The van der Waals surface area contributed by atoms with Gasteiger partial charge in [-0.05, 0) is 29.8 Å². The Kier molecular flexibility index (Phi) is 4.94. The van der Waals surface area contributed by atoms with Crippen LogP contribution in [0.15, 0.2) is 54.9 Å². The van der Waals surface area contributed by atoms with Gasteiger partial charge in [0.15, 0.2) is 6.61 Å². The molecule has 6 nitrogen and oxygen atoms in total. The molecular formula is C18H14FN3O3. The van der Waals surface area contributed by atoms with Crippen molar-refractivity contribution in [2.75, 3.05) is 6.61 Å². The molecule has 2 aromatic carbocycles. The number of aromatic nitrogens is 2. The van der Waals surface area contributed by atoms with Crippen LogP contribution in [0.1, 0.15) is 15.9 Å². The third-order valence-corrected chi connectivity index (χ3v) is 3.46. The Balaban J connectivity index is 1.56. The van der Waals surface area contributed by atoms with Crippen LogP contribution in [-0.4, -0.2) is 28.5 Å². The Bertz CT molecular complexity index is 908. The van der Waals surface area contributed by atoms with E-state index in [1.807, 2.05) is 0 Å². The third-order valence-electron chi connectivity index (χ3n) is 3.46. The Morgan fingerprint density at radius 3 is 2.60 bits per heavy atom. The van der Waals surface area contributed by atoms with Gasteiger partial charge >= 0.3 is 5.97 Å². The number of carbonyl (C=O) groups excluding carboxylic acids is 2. The van der Waals surface area contributed by atoms with Crippen LogP contribution in [-0.2, 0) is 16.1 Å². The lowest BCUT2D eigenvalue weighted by atomic mass is 10.2. The van der Waals surface area contributed by atoms with Crippen LogP contribution in [0.5, 0.6) is 0 Å². The first-order valence-corrected chi connectivity index (χ1v) is 7.51. The lowest BCUT2D eigenvalue weighted by Crippen LogP contribution is -2.28. The Morgan fingerprint density at radius 1 is 1.04 bits per heavy atom. The average molecular weight is 339 g/mol. The van der Waals surface area contributed by atoms with E-state index in [-0.39, 0.29) is 17.9 Å². The molecule has 3 rings (SSSR count). The van der Waals surface area contributed by atoms with Gasteiger partial charge in [0.2, 0.25) is 0 Å². The van der Waals surface area contributed by atoms with Crippen LogP contribution in [0.25, 0.3) is 11.0 Å². The molecule has 1 heterocycles. The first-order chi connectivity index (χ1) is 12.1. The van der Waals surface area contributed by atoms with Crippen molar-refractivity contribution in [1.82, 2.24) is 15.3 Å². The molecule has 1 aromatic heterocycles. The molecule has 0 radical (unpaired) electrons. The van der Waals surface area contributed by atoms with Gasteiger partial charge < -0.3 is 10.1 Å². The summed E-state index contributed by atoms with van der Waals surface area (Å²) in [5.41, 5.74) is 1.97. The Morgan fingerprint density at radius 2 is 1.80 bits per heavy atom. The highest BCUT2D eigenvalue weighted by Crippen LogP contribution is 2.14. The van der Waals surface area contributed by atoms with Gasteiger partial charge in [-0.15, -0.1) is 0 Å². The lowest BCUT2D eigenvalue weighted by Gasteiger charge is -2.08. The molecule has 1 N–H and O–H groups in total. The van der Waals surface area contributed by atoms with E-state index < -0.39 is 18.5 Å². The van der Waals surface area contributed by atoms with Gasteiger partial charge in [-0.2, -0.15) is 0 Å². The summed E-state index contributed by atoms with van der Waals surface area (Å²) < 4.78 is 17.8. The number of hydrogen-bond donors (Lipinski definition) is 1. The highest BCUT2D eigenvalue weighted by Gasteiger charge is 2.14. The van der Waals surface area contributed by atoms with E-state index in [9.17, 15) is 14.0 Å². The number of hydrogen-bond acceptors (Lipinski definition) is 5. The van der Waals surface area contributed by atoms with Crippen LogP contribution in [0.2, 0.25) is 0 Å². The summed E-state index contributed by atoms with van der Waals surface area (Å²) >= 11 is 0. The first-order valence-electron chi connectivity index (χ1n) is 7.51. The van der Waals surface area contributed by atoms with E-state index >= 15 is 0 Å². The van der Waals surface area contributed by atoms with E-state index in [0.29, 0.717) is 11.0 Å². The van der Waals surface area contributed by atoms with Crippen molar-refractivity contribution in [3.63, 3.8) is 0 Å². The number of para-hydroxylation sites is 1. The zero-order valence-electron chi connectivity index (χ0n) is 13.1. The molecule has 1 amide bonds. The number of carbonyl (C=O) groups is 2. The molecule has 7 heteroatoms. The summed E-state index contributed by atoms with van der Waals surface area (Å²) in [5, 5.41) is 2.60. The second-order valence-corrected chi connectivity index (χ2v) is 5.21. The van der Waals surface area contributed by atoms with E-state index in [2.05, 4.69) is 15.3 Å². The zero-order chi connectivity index (χ0) is 17.6. The van der Waals surface area contributed by atoms with Crippen molar-refractivity contribution >= 4 is 22.9 Å². The normalized spacial score (nSPS) is 10.4. The predicted molar refractivity (Wildman–Crippen MR) is 88.1 cm³/mol. The first kappa shape index (κ1) is 16.5. The minimum atomic E-state index is -0.650. The van der Waals surface area contributed by atoms with Gasteiger partial charge in [0.05, 0.1) is 11.1 Å². The minimum absolute atomic E-state index is 0.219. The smallest absolute Gasteiger partial charge is 0.340 e. The Labute approximate surface area is 142 Å². The fourth-order valence-electron chi connectivity index (χ4n) is 2.22. The number of fused-ring (bicyclic) bond motifs is 1. The second kappa shape index (κ2) is 7.48. The summed E-state index contributed by atoms with van der Waals surface area (Å²) in [7, 11) is 0. The van der Waals surface area contributed by atoms with Crippen LogP contribution in [0.3, 0.4) is 0 Å². The number of rotatable bonds is 5. The standard InChI is InChI=1S/C18H14FN3O3/c19-13-6-4-12(5-7-13)10-22-16(23)11-25-18(24)14-2-1-3-15-17(14)21-9-8-20-15/h1-9H,10-11H2,(H,22,23). The molecule has 0 spiro atoms. The molecule has 3 aromatic rings. The van der Waals surface area contributed by atoms with E-state index in [1.165, 1.54) is 24.5 Å². The highest BCUT2D eigenvalue weighted by atomic mass is 19.1. The molecule has 0 saturated heterocycles. The number of amides is 1. The largest absolute Gasteiger partial charge is 0.452 e. The molecule has 0 saturated carbocycles. The van der Waals surface area contributed by atoms with Gasteiger partial charge in [-0.1, -0.05) is 18.2 Å². The van der Waals surface area contributed by atoms with Crippen molar-refractivity contribution in [2.24, 2.45) is 0 Å². The molecule has 0 aliphatic carbocycles. The maximum atomic E-state index is 12.8. The van der Waals surface area contributed by atoms with Gasteiger partial charge in [-0.3, -0.25) is 14.8 Å². The van der Waals surface area contributed by atoms with Crippen LogP contribution >= 0.6 is 0 Å². The maximum Gasteiger partial charge on any atom is 0.340 e. The summed E-state index contributed by atoms with van der Waals surface area (Å²) in [4.78, 5) is 32.2. The number of nitrogens with zero attached hydrogens (tertiary/aromatic N) is 2. The van der Waals surface area contributed by atoms with Crippen molar-refractivity contribution in [3.8, 4) is 0 Å². The molecule has 25 heavy (non-hydrogen) atoms. The number of benzene rings is 2. The van der Waals surface area contributed by atoms with E-state index in [0.717, 1.165) is 5.56 Å². The highest BCUT2D eigenvalue weighted by molar-refractivity contribution is 6.02. The number of ether oxygens (including phenoxy) is 1. The Hall–Kier alpha value is -3.35. The molecule has 0 fully saturated rings. The van der Waals surface area contributed by atoms with Gasteiger partial charge in [0, 0.05) is 18.9 Å². The van der Waals surface area contributed by atoms with Crippen molar-refractivity contribution < 1.29 is 18.7 Å². The molecule has 0 bridgehead atoms. The predicted octanol–water partition coefficient (Wildman–Crippen LogP) is 2.24. The van der Waals surface area contributed by atoms with Crippen LogP contribution in [0.4, 0.5) is 4.39 Å². The molecule has 126 valence electrons. The topological polar surface area (TPSA) is 81.2 Å². The third kappa shape index (κ3) is 4.14. The monoisotopic (exact) mass is 339 g/mol. The maximum absolute atomic E-state index is 12.8.